The standard InChI is InChI=1S/C17H22N2O3/c1-2-12-5-7-13(8-6-12)19-16(20)10-15(17(19)21)18-11-14-4-3-9-22-14/h5-8,14-15,18H,2-4,9-11H2,1H3/t14-,15-/m0/s1. The quantitative estimate of drug-likeness (QED) is 0.840. The van der Waals surface area contributed by atoms with Crippen LogP contribution in [0, 0.1) is 0 Å². The van der Waals surface area contributed by atoms with Crippen molar-refractivity contribution < 1.29 is 14.3 Å². The molecule has 5 nitrogen and oxygen atoms in total. The first kappa shape index (κ1) is 15.2. The van der Waals surface area contributed by atoms with Crippen LogP contribution in [0.4, 0.5) is 5.69 Å². The largest absolute Gasteiger partial charge is 0.377 e. The molecule has 2 heterocycles. The molecule has 118 valence electrons. The molecule has 0 aliphatic carbocycles. The van der Waals surface area contributed by atoms with Crippen molar-refractivity contribution in [3.05, 3.63) is 29.8 Å². The summed E-state index contributed by atoms with van der Waals surface area (Å²) in [5, 5.41) is 3.19. The third kappa shape index (κ3) is 3.05. The van der Waals surface area contributed by atoms with Crippen molar-refractivity contribution in [1.29, 1.82) is 0 Å². The van der Waals surface area contributed by atoms with E-state index in [0.29, 0.717) is 12.2 Å². The first-order chi connectivity index (χ1) is 10.7. The van der Waals surface area contributed by atoms with Gasteiger partial charge in [0.25, 0.3) is 5.91 Å². The minimum absolute atomic E-state index is 0.140. The van der Waals surface area contributed by atoms with Gasteiger partial charge >= 0.3 is 0 Å². The van der Waals surface area contributed by atoms with Crippen molar-refractivity contribution >= 4 is 17.5 Å². The fraction of sp³-hybridized carbons (Fsp3) is 0.529. The fourth-order valence-corrected chi connectivity index (χ4v) is 3.02. The lowest BCUT2D eigenvalue weighted by Gasteiger charge is -2.17. The zero-order chi connectivity index (χ0) is 15.5. The monoisotopic (exact) mass is 302 g/mol. The number of nitrogens with zero attached hydrogens (tertiary/aromatic N) is 1. The van der Waals surface area contributed by atoms with Gasteiger partial charge in [-0.3, -0.25) is 9.59 Å². The Morgan fingerprint density at radius 3 is 2.68 bits per heavy atom. The van der Waals surface area contributed by atoms with Crippen molar-refractivity contribution in [2.45, 2.75) is 44.8 Å². The van der Waals surface area contributed by atoms with E-state index in [4.69, 9.17) is 4.74 Å². The van der Waals surface area contributed by atoms with Crippen molar-refractivity contribution in [3.63, 3.8) is 0 Å². The van der Waals surface area contributed by atoms with Crippen LogP contribution < -0.4 is 10.2 Å². The molecule has 2 saturated heterocycles. The average molecular weight is 302 g/mol. The Morgan fingerprint density at radius 1 is 1.27 bits per heavy atom. The molecule has 2 aliphatic heterocycles. The molecule has 0 bridgehead atoms. The maximum absolute atomic E-state index is 12.5. The molecule has 5 heteroatoms. The molecule has 1 aromatic carbocycles. The first-order valence-corrected chi connectivity index (χ1v) is 7.99. The van der Waals surface area contributed by atoms with Gasteiger partial charge in [-0.05, 0) is 37.0 Å². The molecule has 0 saturated carbocycles. The van der Waals surface area contributed by atoms with Crippen molar-refractivity contribution in [3.8, 4) is 0 Å². The average Bonchev–Trinajstić information content (AvgIpc) is 3.14. The van der Waals surface area contributed by atoms with E-state index in [2.05, 4.69) is 12.2 Å². The summed E-state index contributed by atoms with van der Waals surface area (Å²) in [6.45, 7) is 3.50. The number of hydrogen-bond donors (Lipinski definition) is 1. The highest BCUT2D eigenvalue weighted by Crippen LogP contribution is 2.23. The highest BCUT2D eigenvalue weighted by Gasteiger charge is 2.39. The zero-order valence-electron chi connectivity index (χ0n) is 12.9. The summed E-state index contributed by atoms with van der Waals surface area (Å²) in [7, 11) is 0. The summed E-state index contributed by atoms with van der Waals surface area (Å²) in [5.41, 5.74) is 1.85. The molecule has 3 rings (SSSR count). The fourth-order valence-electron chi connectivity index (χ4n) is 3.02. The summed E-state index contributed by atoms with van der Waals surface area (Å²) in [6, 6.07) is 7.18. The first-order valence-electron chi connectivity index (χ1n) is 7.99. The summed E-state index contributed by atoms with van der Waals surface area (Å²) < 4.78 is 5.54. The molecular formula is C17H22N2O3. The Hall–Kier alpha value is -1.72. The topological polar surface area (TPSA) is 58.6 Å². The molecule has 0 spiro atoms. The number of hydrogen-bond acceptors (Lipinski definition) is 4. The number of amides is 2. The number of imide groups is 1. The van der Waals surface area contributed by atoms with Gasteiger partial charge in [0.15, 0.2) is 0 Å². The van der Waals surface area contributed by atoms with Crippen LogP contribution in [0.15, 0.2) is 24.3 Å². The van der Waals surface area contributed by atoms with Crippen LogP contribution in [0.25, 0.3) is 0 Å². The van der Waals surface area contributed by atoms with Crippen LogP contribution in [0.1, 0.15) is 31.7 Å². The predicted molar refractivity (Wildman–Crippen MR) is 83.7 cm³/mol. The van der Waals surface area contributed by atoms with Crippen molar-refractivity contribution in [2.24, 2.45) is 0 Å². The Morgan fingerprint density at radius 2 is 2.05 bits per heavy atom. The lowest BCUT2D eigenvalue weighted by molar-refractivity contribution is -0.121. The zero-order valence-corrected chi connectivity index (χ0v) is 12.9. The van der Waals surface area contributed by atoms with Gasteiger partial charge in [0.1, 0.15) is 0 Å². The van der Waals surface area contributed by atoms with E-state index in [1.807, 2.05) is 24.3 Å². The molecule has 2 fully saturated rings. The lowest BCUT2D eigenvalue weighted by atomic mass is 10.1. The number of anilines is 1. The number of rotatable bonds is 5. The van der Waals surface area contributed by atoms with Crippen LogP contribution in [-0.4, -0.2) is 37.1 Å². The van der Waals surface area contributed by atoms with Gasteiger partial charge in [-0.2, -0.15) is 0 Å². The van der Waals surface area contributed by atoms with Gasteiger partial charge in [-0.25, -0.2) is 4.90 Å². The number of carbonyl (C=O) groups excluding carboxylic acids is 2. The van der Waals surface area contributed by atoms with Crippen molar-refractivity contribution in [2.75, 3.05) is 18.1 Å². The van der Waals surface area contributed by atoms with E-state index in [9.17, 15) is 9.59 Å². The van der Waals surface area contributed by atoms with E-state index in [-0.39, 0.29) is 24.3 Å². The molecule has 0 aromatic heterocycles. The van der Waals surface area contributed by atoms with E-state index in [1.54, 1.807) is 0 Å². The molecule has 0 radical (unpaired) electrons. The van der Waals surface area contributed by atoms with Gasteiger partial charge in [0, 0.05) is 13.2 Å². The number of nitrogens with one attached hydrogen (secondary N) is 1. The molecular weight excluding hydrogens is 280 g/mol. The third-order valence-electron chi connectivity index (χ3n) is 4.37. The SMILES string of the molecule is CCc1ccc(N2C(=O)C[C@H](NC[C@@H]3CCCO3)C2=O)cc1. The second-order valence-electron chi connectivity index (χ2n) is 5.89. The summed E-state index contributed by atoms with van der Waals surface area (Å²) in [5.74, 6) is -0.300. The third-order valence-corrected chi connectivity index (χ3v) is 4.37. The lowest BCUT2D eigenvalue weighted by Crippen LogP contribution is -2.41. The van der Waals surface area contributed by atoms with Gasteiger partial charge in [-0.15, -0.1) is 0 Å². The van der Waals surface area contributed by atoms with E-state index in [1.165, 1.54) is 10.5 Å². The van der Waals surface area contributed by atoms with Gasteiger partial charge < -0.3 is 10.1 Å². The molecule has 2 atom stereocenters. The van der Waals surface area contributed by atoms with E-state index in [0.717, 1.165) is 25.9 Å². The van der Waals surface area contributed by atoms with Gasteiger partial charge in [0.2, 0.25) is 5.91 Å². The van der Waals surface area contributed by atoms with E-state index >= 15 is 0 Å². The molecule has 0 unspecified atom stereocenters. The highest BCUT2D eigenvalue weighted by molar-refractivity contribution is 6.22. The Balaban J connectivity index is 1.65. The summed E-state index contributed by atoms with van der Waals surface area (Å²) >= 11 is 0. The summed E-state index contributed by atoms with van der Waals surface area (Å²) in [4.78, 5) is 26.0. The van der Waals surface area contributed by atoms with Gasteiger partial charge in [0.05, 0.1) is 24.3 Å². The summed E-state index contributed by atoms with van der Waals surface area (Å²) in [6.07, 6.45) is 3.42. The maximum Gasteiger partial charge on any atom is 0.251 e. The molecule has 22 heavy (non-hydrogen) atoms. The van der Waals surface area contributed by atoms with E-state index < -0.39 is 6.04 Å². The molecule has 2 amide bonds. The smallest absolute Gasteiger partial charge is 0.251 e. The van der Waals surface area contributed by atoms with Crippen LogP contribution in [-0.2, 0) is 20.7 Å². The Bertz CT molecular complexity index is 550. The minimum Gasteiger partial charge on any atom is -0.377 e. The number of carbonyl (C=O) groups is 2. The molecule has 1 N–H and O–H groups in total. The van der Waals surface area contributed by atoms with Crippen LogP contribution in [0.5, 0.6) is 0 Å². The maximum atomic E-state index is 12.5. The minimum atomic E-state index is -0.428. The highest BCUT2D eigenvalue weighted by atomic mass is 16.5. The van der Waals surface area contributed by atoms with Crippen LogP contribution in [0.2, 0.25) is 0 Å². The number of ether oxygens (including phenoxy) is 1. The molecule has 1 aromatic rings. The molecule has 2 aliphatic rings. The predicted octanol–water partition coefficient (Wildman–Crippen LogP) is 1.65. The Kier molecular flexibility index (Phi) is 4.55. The number of benzene rings is 1. The van der Waals surface area contributed by atoms with Crippen LogP contribution in [0.3, 0.4) is 0 Å². The van der Waals surface area contributed by atoms with Crippen molar-refractivity contribution in [1.82, 2.24) is 5.32 Å². The van der Waals surface area contributed by atoms with Crippen LogP contribution >= 0.6 is 0 Å². The number of aryl methyl sites for hydroxylation is 1. The second-order valence-corrected chi connectivity index (χ2v) is 5.89. The Labute approximate surface area is 130 Å². The van der Waals surface area contributed by atoms with Gasteiger partial charge in [-0.1, -0.05) is 19.1 Å². The second kappa shape index (κ2) is 6.58. The normalized spacial score (nSPS) is 25.2.